The Morgan fingerprint density at radius 3 is 1.26 bits per heavy atom. The van der Waals surface area contributed by atoms with Gasteiger partial charge < -0.3 is 47.0 Å². The summed E-state index contributed by atoms with van der Waals surface area (Å²) in [7, 11) is 0. The fraction of sp³-hybridized carbons (Fsp3) is 0.717. The Kier molecular flexibility index (Phi) is 42.2. The predicted molar refractivity (Wildman–Crippen MR) is 325 cm³/mol. The first-order chi connectivity index (χ1) is 38.9. The number of hydrogen-bond donors (Lipinski definition) is 11. The number of unbranched alkanes of at least 4 members (excludes halogenated alkanes) is 23. The third kappa shape index (κ3) is 35.6. The molecule has 0 saturated carbocycles. The largest absolute Gasteiger partial charge is 0.480 e. The molecule has 0 fully saturated rings. The average molecular weight is 1160 g/mol. The van der Waals surface area contributed by atoms with Crippen LogP contribution in [0.25, 0.3) is 0 Å². The van der Waals surface area contributed by atoms with Crippen LogP contribution in [-0.2, 0) is 46.4 Å². The van der Waals surface area contributed by atoms with Crippen molar-refractivity contribution >= 4 is 66.7 Å². The summed E-state index contributed by atoms with van der Waals surface area (Å²) in [6, 6.07) is -5.80. The molecule has 452 valence electrons. The highest BCUT2D eigenvalue weighted by molar-refractivity contribution is 7.80. The number of aliphatic carboxylic acids is 1. The number of nitrogens with zero attached hydrogens (tertiary/aromatic N) is 2. The molecule has 0 saturated heterocycles. The summed E-state index contributed by atoms with van der Waals surface area (Å²) in [6.07, 6.45) is 45.7. The molecule has 0 spiro atoms. The van der Waals surface area contributed by atoms with Gasteiger partial charge in [0.1, 0.15) is 30.2 Å². The maximum atomic E-state index is 14.2. The number of imidazole rings is 2. The Morgan fingerprint density at radius 1 is 0.463 bits per heavy atom. The van der Waals surface area contributed by atoms with Crippen LogP contribution in [0.5, 0.6) is 0 Å². The number of H-pyrrole nitrogens is 2. The molecule has 0 aliphatic rings. The van der Waals surface area contributed by atoms with Gasteiger partial charge in [-0.3, -0.25) is 28.8 Å². The number of amides is 6. The lowest BCUT2D eigenvalue weighted by Crippen LogP contribution is -2.58. The van der Waals surface area contributed by atoms with E-state index in [1.807, 2.05) is 0 Å². The highest BCUT2D eigenvalue weighted by Crippen LogP contribution is 2.14. The number of aromatic nitrogens is 4. The Morgan fingerprint density at radius 2 is 0.838 bits per heavy atom. The zero-order chi connectivity index (χ0) is 58.3. The molecule has 0 aromatic carbocycles. The minimum atomic E-state index is -1.37. The minimum absolute atomic E-state index is 0.0532. The van der Waals surface area contributed by atoms with Crippen molar-refractivity contribution in [2.24, 2.45) is 0 Å². The molecule has 6 amide bonds. The van der Waals surface area contributed by atoms with Crippen LogP contribution >= 0.6 is 25.3 Å². The Bertz CT molecular complexity index is 2020. The van der Waals surface area contributed by atoms with E-state index in [4.69, 9.17) is 0 Å². The number of carboxylic acids is 1. The molecule has 2 aromatic heterocycles. The van der Waals surface area contributed by atoms with Crippen LogP contribution < -0.4 is 31.9 Å². The molecule has 2 aromatic rings. The third-order valence-corrected chi connectivity index (χ3v) is 14.8. The van der Waals surface area contributed by atoms with Gasteiger partial charge in [-0.1, -0.05) is 141 Å². The zero-order valence-corrected chi connectivity index (χ0v) is 50.3. The summed E-state index contributed by atoms with van der Waals surface area (Å²) in [5.41, 5.74) is 0.948. The number of carboxylic acid groups (broad SMARTS) is 1. The molecule has 20 heteroatoms. The van der Waals surface area contributed by atoms with Gasteiger partial charge in [0.05, 0.1) is 12.7 Å². The zero-order valence-electron chi connectivity index (χ0n) is 48.6. The lowest BCUT2D eigenvalue weighted by atomic mass is 10.0. The van der Waals surface area contributed by atoms with Gasteiger partial charge in [0.15, 0.2) is 0 Å². The summed E-state index contributed by atoms with van der Waals surface area (Å²) in [6.45, 7) is 4.67. The monoisotopic (exact) mass is 1150 g/mol. The van der Waals surface area contributed by atoms with Crippen LogP contribution in [0.3, 0.4) is 0 Å². The lowest BCUT2D eigenvalue weighted by molar-refractivity contribution is -0.142. The van der Waals surface area contributed by atoms with Crippen LogP contribution in [0.1, 0.15) is 224 Å². The molecule has 2 rings (SSSR count). The van der Waals surface area contributed by atoms with E-state index in [0.717, 1.165) is 83.5 Å². The minimum Gasteiger partial charge on any atom is -0.480 e. The summed E-state index contributed by atoms with van der Waals surface area (Å²) in [5, 5.41) is 26.4. The van der Waals surface area contributed by atoms with Gasteiger partial charge in [0.2, 0.25) is 35.4 Å². The number of aromatic amines is 2. The van der Waals surface area contributed by atoms with Gasteiger partial charge in [0.25, 0.3) is 0 Å². The van der Waals surface area contributed by atoms with Crippen LogP contribution in [0, 0.1) is 0 Å². The summed E-state index contributed by atoms with van der Waals surface area (Å²) >= 11 is 8.68. The number of carbonyl (C=O) groups excluding carboxylic acids is 6. The molecular formula is C60H102N10O8S2. The molecule has 5 atom stereocenters. The molecule has 9 N–H and O–H groups in total. The average Bonchev–Trinajstić information content (AvgIpc) is 4.18. The molecular weight excluding hydrogens is 1050 g/mol. The van der Waals surface area contributed by atoms with Crippen LogP contribution in [0.15, 0.2) is 49.4 Å². The fourth-order valence-corrected chi connectivity index (χ4v) is 9.68. The number of thiol groups is 2. The van der Waals surface area contributed by atoms with Crippen molar-refractivity contribution in [1.29, 1.82) is 0 Å². The summed E-state index contributed by atoms with van der Waals surface area (Å²) in [5.74, 6) is -4.35. The summed E-state index contributed by atoms with van der Waals surface area (Å²) < 4.78 is 0. The molecule has 0 radical (unpaired) electrons. The highest BCUT2D eigenvalue weighted by Gasteiger charge is 2.32. The van der Waals surface area contributed by atoms with Gasteiger partial charge in [-0.15, -0.1) is 0 Å². The molecule has 0 bridgehead atoms. The van der Waals surface area contributed by atoms with Gasteiger partial charge >= 0.3 is 5.97 Å². The SMILES string of the molecule is CCCCCCCCC=CCCCCCCCC(=O)N[C@@H](CS)C(=O)NCCCC[C@H](NC(=O)[C@H](CS)NC(=O)CCCCCCCC=CCCCCCCCC)C(=O)N[C@@H](Cc1cnc[nH]1)C(=O)N[C@@H](Cc1cnc[nH]1)C(=O)O. The Hall–Kier alpha value is -5.11. The number of nitrogens with one attached hydrogen (secondary N) is 8. The van der Waals surface area contributed by atoms with E-state index in [9.17, 15) is 38.7 Å². The van der Waals surface area contributed by atoms with Crippen molar-refractivity contribution in [3.63, 3.8) is 0 Å². The smallest absolute Gasteiger partial charge is 0.326 e. The van der Waals surface area contributed by atoms with E-state index in [0.29, 0.717) is 37.1 Å². The van der Waals surface area contributed by atoms with E-state index in [2.05, 4.69) is 115 Å². The van der Waals surface area contributed by atoms with E-state index in [1.165, 1.54) is 102 Å². The van der Waals surface area contributed by atoms with E-state index in [-0.39, 0.29) is 55.5 Å². The Labute approximate surface area is 489 Å². The van der Waals surface area contributed by atoms with Crippen LogP contribution in [0.2, 0.25) is 0 Å². The van der Waals surface area contributed by atoms with E-state index < -0.39 is 59.8 Å². The summed E-state index contributed by atoms with van der Waals surface area (Å²) in [4.78, 5) is 107. The van der Waals surface area contributed by atoms with Crippen molar-refractivity contribution in [2.45, 2.75) is 256 Å². The molecule has 0 unspecified atom stereocenters. The number of hydrogen-bond acceptors (Lipinski definition) is 11. The number of carbonyl (C=O) groups is 7. The second kappa shape index (κ2) is 47.5. The second-order valence-electron chi connectivity index (χ2n) is 21.1. The van der Waals surface area contributed by atoms with E-state index >= 15 is 0 Å². The Balaban J connectivity index is 1.96. The maximum absolute atomic E-state index is 14.2. The van der Waals surface area contributed by atoms with Crippen molar-refractivity contribution in [3.05, 3.63) is 60.7 Å². The van der Waals surface area contributed by atoms with Gasteiger partial charge in [0, 0.05) is 67.5 Å². The predicted octanol–water partition coefficient (Wildman–Crippen LogP) is 9.65. The molecule has 0 aliphatic carbocycles. The van der Waals surface area contributed by atoms with E-state index in [1.54, 1.807) is 0 Å². The number of rotatable bonds is 51. The molecule has 0 aliphatic heterocycles. The van der Waals surface area contributed by atoms with Crippen molar-refractivity contribution < 1.29 is 38.7 Å². The standard InChI is InChI=1S/C60H102N10O8S2/c1-3-5-7-9-11-13-15-17-19-21-23-25-27-29-31-36-54(71)66-52(43-79)56(73)63-38-34-33-35-49(57(74)69-50(39-47-41-61-45-64-47)58(75)70-51(60(77)78)40-48-42-62-46-65-48)68-59(76)53(44-80)67-55(72)37-32-30-28-26-24-22-20-18-16-14-12-10-8-6-4-2/h17-20,41-42,45-46,49-53,79-80H,3-16,21-40,43-44H2,1-2H3,(H,61,64)(H,62,65)(H,63,73)(H,66,71)(H,67,72)(H,68,76)(H,69,74)(H,70,75)(H,77,78)/t49-,50-,51-,52-,53-/m0/s1. The maximum Gasteiger partial charge on any atom is 0.326 e. The first-order valence-electron chi connectivity index (χ1n) is 30.4. The fourth-order valence-electron chi connectivity index (χ4n) is 9.17. The lowest BCUT2D eigenvalue weighted by Gasteiger charge is -2.26. The topological polar surface area (TPSA) is 269 Å². The van der Waals surface area contributed by atoms with Gasteiger partial charge in [-0.25, -0.2) is 14.8 Å². The van der Waals surface area contributed by atoms with Crippen molar-refractivity contribution in [2.75, 3.05) is 18.1 Å². The molecule has 18 nitrogen and oxygen atoms in total. The van der Waals surface area contributed by atoms with Crippen LogP contribution in [-0.4, -0.2) is 115 Å². The van der Waals surface area contributed by atoms with Crippen LogP contribution in [0.4, 0.5) is 0 Å². The second-order valence-corrected chi connectivity index (χ2v) is 21.9. The normalized spacial score (nSPS) is 13.3. The third-order valence-electron chi connectivity index (χ3n) is 14.1. The molecule has 80 heavy (non-hydrogen) atoms. The quantitative estimate of drug-likeness (QED) is 0.0170. The molecule has 2 heterocycles. The number of allylic oxidation sites excluding steroid dienone is 4. The van der Waals surface area contributed by atoms with Crippen molar-refractivity contribution in [3.8, 4) is 0 Å². The highest BCUT2D eigenvalue weighted by atomic mass is 32.1. The van der Waals surface area contributed by atoms with Gasteiger partial charge in [-0.05, 0) is 83.5 Å². The first kappa shape index (κ1) is 71.0. The first-order valence-corrected chi connectivity index (χ1v) is 31.6. The van der Waals surface area contributed by atoms with Gasteiger partial charge in [-0.2, -0.15) is 25.3 Å². The van der Waals surface area contributed by atoms with Crippen molar-refractivity contribution in [1.82, 2.24) is 51.8 Å².